The summed E-state index contributed by atoms with van der Waals surface area (Å²) in [5.41, 5.74) is 8.17. The first-order chi connectivity index (χ1) is 12.3. The number of nitrogens with two attached hydrogens (primary N) is 1. The fraction of sp³-hybridized carbons (Fsp3) is 0.263. The summed E-state index contributed by atoms with van der Waals surface area (Å²) in [6.45, 7) is 4.14. The molecule has 0 heterocycles. The first kappa shape index (κ1) is 18.8. The molecule has 1 saturated carbocycles. The number of nitrogens with zero attached hydrogens (tertiary/aromatic N) is 1. The zero-order valence-electron chi connectivity index (χ0n) is 13.9. The molecule has 1 aliphatic carbocycles. The summed E-state index contributed by atoms with van der Waals surface area (Å²) in [7, 11) is 0. The fourth-order valence-corrected chi connectivity index (χ4v) is 3.70. The van der Waals surface area contributed by atoms with Crippen molar-refractivity contribution in [1.82, 2.24) is 4.31 Å². The summed E-state index contributed by atoms with van der Waals surface area (Å²) in [6, 6.07) is 8.61. The second-order valence-electron chi connectivity index (χ2n) is 6.35. The van der Waals surface area contributed by atoms with Gasteiger partial charge in [0.25, 0.3) is 0 Å². The highest BCUT2D eigenvalue weighted by Crippen LogP contribution is 2.39. The molecule has 0 amide bonds. The average Bonchev–Trinajstić information content (AvgIpc) is 3.43. The van der Waals surface area contributed by atoms with Crippen LogP contribution in [0.1, 0.15) is 24.0 Å². The standard InChI is InChI=1S/C19H18F4N2S/c1-11(24)8-12-2-4-13(5-3-12)10-25(14-6-7-14)26-16-9-15(20)17(21)19(23)18(16)22/h2-5,9,14H,1,6-8,10,24H2. The molecule has 2 aromatic rings. The van der Waals surface area contributed by atoms with E-state index in [-0.39, 0.29) is 10.9 Å². The summed E-state index contributed by atoms with van der Waals surface area (Å²) in [5, 5.41) is 0. The van der Waals surface area contributed by atoms with E-state index in [9.17, 15) is 17.6 Å². The highest BCUT2D eigenvalue weighted by atomic mass is 32.2. The molecule has 0 aliphatic heterocycles. The third-order valence-electron chi connectivity index (χ3n) is 4.03. The number of rotatable bonds is 7. The van der Waals surface area contributed by atoms with Crippen LogP contribution in [0.5, 0.6) is 0 Å². The van der Waals surface area contributed by atoms with Gasteiger partial charge < -0.3 is 5.73 Å². The Hall–Kier alpha value is -1.99. The number of allylic oxidation sites excluding steroid dienone is 1. The smallest absolute Gasteiger partial charge is 0.198 e. The maximum absolute atomic E-state index is 14.0. The zero-order valence-corrected chi connectivity index (χ0v) is 14.8. The Bertz CT molecular complexity index is 819. The molecule has 0 aromatic heterocycles. The molecule has 1 fully saturated rings. The lowest BCUT2D eigenvalue weighted by Gasteiger charge is -2.21. The van der Waals surface area contributed by atoms with Gasteiger partial charge in [0, 0.05) is 24.7 Å². The van der Waals surface area contributed by atoms with Crippen LogP contribution in [-0.4, -0.2) is 10.3 Å². The SMILES string of the molecule is C=C(N)Cc1ccc(CN(Sc2cc(F)c(F)c(F)c2F)C2CC2)cc1. The topological polar surface area (TPSA) is 29.3 Å². The largest absolute Gasteiger partial charge is 0.402 e. The van der Waals surface area contributed by atoms with Crippen molar-refractivity contribution in [3.8, 4) is 0 Å². The van der Waals surface area contributed by atoms with E-state index in [1.165, 1.54) is 0 Å². The molecule has 0 radical (unpaired) electrons. The lowest BCUT2D eigenvalue weighted by Crippen LogP contribution is -2.18. The Labute approximate surface area is 153 Å². The molecule has 0 saturated heterocycles. The van der Waals surface area contributed by atoms with Crippen molar-refractivity contribution < 1.29 is 17.6 Å². The Morgan fingerprint density at radius 3 is 2.23 bits per heavy atom. The van der Waals surface area contributed by atoms with E-state index >= 15 is 0 Å². The average molecular weight is 382 g/mol. The fourth-order valence-electron chi connectivity index (χ4n) is 2.55. The normalized spacial score (nSPS) is 14.0. The van der Waals surface area contributed by atoms with E-state index in [2.05, 4.69) is 6.58 Å². The molecule has 138 valence electrons. The van der Waals surface area contributed by atoms with Crippen molar-refractivity contribution in [2.24, 2.45) is 5.73 Å². The van der Waals surface area contributed by atoms with Gasteiger partial charge in [-0.05, 0) is 42.0 Å². The van der Waals surface area contributed by atoms with Crippen LogP contribution >= 0.6 is 11.9 Å². The Morgan fingerprint density at radius 2 is 1.65 bits per heavy atom. The first-order valence-corrected chi connectivity index (χ1v) is 8.91. The van der Waals surface area contributed by atoms with E-state index in [4.69, 9.17) is 5.73 Å². The minimum Gasteiger partial charge on any atom is -0.402 e. The lowest BCUT2D eigenvalue weighted by molar-refractivity contribution is 0.395. The van der Waals surface area contributed by atoms with Gasteiger partial charge in [-0.15, -0.1) is 0 Å². The van der Waals surface area contributed by atoms with Crippen LogP contribution in [0.25, 0.3) is 0 Å². The molecule has 0 atom stereocenters. The van der Waals surface area contributed by atoms with Crippen molar-refractivity contribution in [2.45, 2.75) is 36.7 Å². The Balaban J connectivity index is 1.76. The highest BCUT2D eigenvalue weighted by Gasteiger charge is 2.31. The molecular weight excluding hydrogens is 364 g/mol. The summed E-state index contributed by atoms with van der Waals surface area (Å²) >= 11 is 0.910. The van der Waals surface area contributed by atoms with E-state index in [0.717, 1.165) is 35.9 Å². The predicted molar refractivity (Wildman–Crippen MR) is 94.2 cm³/mol. The third-order valence-corrected chi connectivity index (χ3v) is 5.19. The summed E-state index contributed by atoms with van der Waals surface area (Å²) < 4.78 is 55.8. The molecule has 0 spiro atoms. The van der Waals surface area contributed by atoms with Crippen LogP contribution in [0, 0.1) is 23.3 Å². The van der Waals surface area contributed by atoms with Crippen molar-refractivity contribution >= 4 is 11.9 Å². The van der Waals surface area contributed by atoms with Crippen LogP contribution in [0.4, 0.5) is 17.6 Å². The second kappa shape index (κ2) is 7.72. The molecule has 0 unspecified atom stereocenters. The van der Waals surface area contributed by atoms with Gasteiger partial charge in [-0.25, -0.2) is 21.9 Å². The minimum absolute atomic E-state index is 0.194. The molecule has 2 aromatic carbocycles. The monoisotopic (exact) mass is 382 g/mol. The van der Waals surface area contributed by atoms with Crippen molar-refractivity contribution in [3.63, 3.8) is 0 Å². The van der Waals surface area contributed by atoms with Gasteiger partial charge in [-0.3, -0.25) is 0 Å². The van der Waals surface area contributed by atoms with Crippen LogP contribution < -0.4 is 5.73 Å². The molecule has 1 aliphatic rings. The van der Waals surface area contributed by atoms with Crippen LogP contribution in [0.15, 0.2) is 47.5 Å². The quantitative estimate of drug-likeness (QED) is 0.319. The molecule has 2 N–H and O–H groups in total. The van der Waals surface area contributed by atoms with Gasteiger partial charge in [0.2, 0.25) is 0 Å². The van der Waals surface area contributed by atoms with Crippen LogP contribution in [0.3, 0.4) is 0 Å². The van der Waals surface area contributed by atoms with Crippen LogP contribution in [0.2, 0.25) is 0 Å². The summed E-state index contributed by atoms with van der Waals surface area (Å²) in [6.07, 6.45) is 2.43. The van der Waals surface area contributed by atoms with E-state index in [1.807, 2.05) is 28.6 Å². The maximum Gasteiger partial charge on any atom is 0.198 e. The molecule has 7 heteroatoms. The second-order valence-corrected chi connectivity index (χ2v) is 7.44. The first-order valence-electron chi connectivity index (χ1n) is 8.14. The van der Waals surface area contributed by atoms with Gasteiger partial charge in [0.15, 0.2) is 23.3 Å². The Morgan fingerprint density at radius 1 is 1.04 bits per heavy atom. The zero-order chi connectivity index (χ0) is 18.8. The lowest BCUT2D eigenvalue weighted by atomic mass is 10.1. The van der Waals surface area contributed by atoms with Gasteiger partial charge in [0.05, 0.1) is 4.90 Å². The molecular formula is C19H18F4N2S. The van der Waals surface area contributed by atoms with Crippen LogP contribution in [-0.2, 0) is 13.0 Å². The number of hydrogen-bond donors (Lipinski definition) is 1. The maximum atomic E-state index is 14.0. The van der Waals surface area contributed by atoms with E-state index in [1.54, 1.807) is 0 Å². The van der Waals surface area contributed by atoms with Gasteiger partial charge in [0.1, 0.15) is 0 Å². The third kappa shape index (κ3) is 4.40. The van der Waals surface area contributed by atoms with Crippen molar-refractivity contribution in [3.05, 3.63) is 77.0 Å². The molecule has 26 heavy (non-hydrogen) atoms. The Kier molecular flexibility index (Phi) is 5.58. The van der Waals surface area contributed by atoms with Crippen molar-refractivity contribution in [1.29, 1.82) is 0 Å². The summed E-state index contributed by atoms with van der Waals surface area (Å²) in [4.78, 5) is -0.260. The number of hydrogen-bond acceptors (Lipinski definition) is 3. The predicted octanol–water partition coefficient (Wildman–Crippen LogP) is 4.93. The van der Waals surface area contributed by atoms with Crippen molar-refractivity contribution in [2.75, 3.05) is 0 Å². The minimum atomic E-state index is -1.79. The van der Waals surface area contributed by atoms with Gasteiger partial charge in [-0.2, -0.15) is 0 Å². The van der Waals surface area contributed by atoms with E-state index in [0.29, 0.717) is 24.7 Å². The molecule has 3 rings (SSSR count). The number of benzene rings is 2. The van der Waals surface area contributed by atoms with Gasteiger partial charge in [-0.1, -0.05) is 30.8 Å². The number of halogens is 4. The van der Waals surface area contributed by atoms with Gasteiger partial charge >= 0.3 is 0 Å². The molecule has 0 bridgehead atoms. The summed E-state index contributed by atoms with van der Waals surface area (Å²) in [5.74, 6) is -6.33. The van der Waals surface area contributed by atoms with E-state index < -0.39 is 23.3 Å². The molecule has 2 nitrogen and oxygen atoms in total. The highest BCUT2D eigenvalue weighted by molar-refractivity contribution is 7.97.